The maximum atomic E-state index is 5.78. The molecule has 15 heavy (non-hydrogen) atoms. The molecular weight excluding hydrogens is 208 g/mol. The van der Waals surface area contributed by atoms with E-state index >= 15 is 0 Å². The standard InChI is InChI=1S/C12H13ClN2/c1-8-4-12-14-10(5-13)6-15(12)7-11(8)9-2-3-9/h4,6-7,9H,2-3,5H2,1H3. The Morgan fingerprint density at radius 1 is 1.47 bits per heavy atom. The summed E-state index contributed by atoms with van der Waals surface area (Å²) in [5.74, 6) is 1.27. The van der Waals surface area contributed by atoms with Gasteiger partial charge in [-0.3, -0.25) is 0 Å². The van der Waals surface area contributed by atoms with Crippen molar-refractivity contribution in [3.8, 4) is 0 Å². The third-order valence-corrected chi connectivity index (χ3v) is 3.32. The van der Waals surface area contributed by atoms with Crippen molar-refractivity contribution in [1.82, 2.24) is 9.38 Å². The van der Waals surface area contributed by atoms with Crippen LogP contribution in [0.1, 0.15) is 35.6 Å². The van der Waals surface area contributed by atoms with E-state index in [0.29, 0.717) is 5.88 Å². The van der Waals surface area contributed by atoms with Gasteiger partial charge in [-0.25, -0.2) is 4.98 Å². The molecule has 2 aromatic rings. The van der Waals surface area contributed by atoms with Crippen LogP contribution in [0.25, 0.3) is 5.65 Å². The highest BCUT2D eigenvalue weighted by atomic mass is 35.5. The minimum atomic E-state index is 0.486. The molecule has 3 heteroatoms. The molecule has 0 N–H and O–H groups in total. The van der Waals surface area contributed by atoms with Crippen molar-refractivity contribution in [2.45, 2.75) is 31.6 Å². The predicted octanol–water partition coefficient (Wildman–Crippen LogP) is 3.26. The third-order valence-electron chi connectivity index (χ3n) is 3.04. The Bertz CT molecular complexity index is 512. The Hall–Kier alpha value is -1.02. The number of pyridine rings is 1. The van der Waals surface area contributed by atoms with E-state index in [1.165, 1.54) is 24.0 Å². The van der Waals surface area contributed by atoms with Gasteiger partial charge in [0.2, 0.25) is 0 Å². The van der Waals surface area contributed by atoms with Gasteiger partial charge in [-0.15, -0.1) is 11.6 Å². The third kappa shape index (κ3) is 1.53. The molecular formula is C12H13ClN2. The molecule has 0 spiro atoms. The van der Waals surface area contributed by atoms with Gasteiger partial charge in [-0.05, 0) is 42.9 Å². The van der Waals surface area contributed by atoms with Crippen LogP contribution in [0.2, 0.25) is 0 Å². The summed E-state index contributed by atoms with van der Waals surface area (Å²) in [6.45, 7) is 2.17. The Kier molecular flexibility index (Phi) is 1.99. The fraction of sp³-hybridized carbons (Fsp3) is 0.417. The Morgan fingerprint density at radius 3 is 2.93 bits per heavy atom. The van der Waals surface area contributed by atoms with Gasteiger partial charge in [0.25, 0.3) is 0 Å². The highest BCUT2D eigenvalue weighted by molar-refractivity contribution is 6.16. The van der Waals surface area contributed by atoms with Gasteiger partial charge < -0.3 is 4.40 Å². The average Bonchev–Trinajstić information content (AvgIpc) is 2.98. The number of imidazole rings is 1. The van der Waals surface area contributed by atoms with Crippen LogP contribution in [0.15, 0.2) is 18.5 Å². The van der Waals surface area contributed by atoms with Crippen LogP contribution in [0.4, 0.5) is 0 Å². The molecule has 1 aliphatic carbocycles. The minimum absolute atomic E-state index is 0.486. The van der Waals surface area contributed by atoms with E-state index in [9.17, 15) is 0 Å². The smallest absolute Gasteiger partial charge is 0.137 e. The minimum Gasteiger partial charge on any atom is -0.306 e. The summed E-state index contributed by atoms with van der Waals surface area (Å²) in [5, 5.41) is 0. The Morgan fingerprint density at radius 2 is 2.27 bits per heavy atom. The lowest BCUT2D eigenvalue weighted by atomic mass is 10.1. The lowest BCUT2D eigenvalue weighted by molar-refractivity contribution is 1.03. The van der Waals surface area contributed by atoms with Gasteiger partial charge in [-0.1, -0.05) is 0 Å². The van der Waals surface area contributed by atoms with Crippen molar-refractivity contribution in [2.75, 3.05) is 0 Å². The van der Waals surface area contributed by atoms with Crippen LogP contribution in [0.3, 0.4) is 0 Å². The molecule has 1 saturated carbocycles. The molecule has 0 radical (unpaired) electrons. The second-order valence-electron chi connectivity index (χ2n) is 4.32. The van der Waals surface area contributed by atoms with Crippen molar-refractivity contribution in [1.29, 1.82) is 0 Å². The summed E-state index contributed by atoms with van der Waals surface area (Å²) in [5.41, 5.74) is 4.79. The normalized spacial score (nSPS) is 16.1. The fourth-order valence-electron chi connectivity index (χ4n) is 2.09. The first-order chi connectivity index (χ1) is 7.28. The predicted molar refractivity (Wildman–Crippen MR) is 61.5 cm³/mol. The molecule has 78 valence electrons. The number of fused-ring (bicyclic) bond motifs is 1. The summed E-state index contributed by atoms with van der Waals surface area (Å²) in [7, 11) is 0. The second kappa shape index (κ2) is 3.24. The van der Waals surface area contributed by atoms with Crippen molar-refractivity contribution < 1.29 is 0 Å². The summed E-state index contributed by atoms with van der Waals surface area (Å²) in [6, 6.07) is 2.16. The van der Waals surface area contributed by atoms with Crippen LogP contribution in [0, 0.1) is 6.92 Å². The number of hydrogen-bond acceptors (Lipinski definition) is 1. The summed E-state index contributed by atoms with van der Waals surface area (Å²) in [6.07, 6.45) is 6.91. The van der Waals surface area contributed by atoms with Crippen LogP contribution in [-0.2, 0) is 5.88 Å². The van der Waals surface area contributed by atoms with Gasteiger partial charge in [-0.2, -0.15) is 0 Å². The molecule has 2 nitrogen and oxygen atoms in total. The van der Waals surface area contributed by atoms with Gasteiger partial charge >= 0.3 is 0 Å². The number of rotatable bonds is 2. The van der Waals surface area contributed by atoms with Gasteiger partial charge in [0.05, 0.1) is 11.6 Å². The van der Waals surface area contributed by atoms with Crippen molar-refractivity contribution in [3.05, 3.63) is 35.3 Å². The number of nitrogens with zero attached hydrogens (tertiary/aromatic N) is 2. The summed E-state index contributed by atoms with van der Waals surface area (Å²) in [4.78, 5) is 4.44. The van der Waals surface area contributed by atoms with Crippen LogP contribution in [0.5, 0.6) is 0 Å². The van der Waals surface area contributed by atoms with Crippen molar-refractivity contribution in [3.63, 3.8) is 0 Å². The van der Waals surface area contributed by atoms with Gasteiger partial charge in [0.1, 0.15) is 5.65 Å². The van der Waals surface area contributed by atoms with Crippen molar-refractivity contribution in [2.24, 2.45) is 0 Å². The fourth-order valence-corrected chi connectivity index (χ4v) is 2.21. The average molecular weight is 221 g/mol. The number of hydrogen-bond donors (Lipinski definition) is 0. The van der Waals surface area contributed by atoms with E-state index in [4.69, 9.17) is 11.6 Å². The van der Waals surface area contributed by atoms with Gasteiger partial charge in [0, 0.05) is 12.4 Å². The topological polar surface area (TPSA) is 17.3 Å². The van der Waals surface area contributed by atoms with Crippen molar-refractivity contribution >= 4 is 17.2 Å². The van der Waals surface area contributed by atoms with E-state index < -0.39 is 0 Å². The van der Waals surface area contributed by atoms with Gasteiger partial charge in [0.15, 0.2) is 0 Å². The summed E-state index contributed by atoms with van der Waals surface area (Å²) < 4.78 is 2.10. The zero-order valence-corrected chi connectivity index (χ0v) is 9.46. The van der Waals surface area contributed by atoms with E-state index in [0.717, 1.165) is 17.3 Å². The SMILES string of the molecule is Cc1cc2nc(CCl)cn2cc1C1CC1. The molecule has 1 aliphatic rings. The lowest BCUT2D eigenvalue weighted by Crippen LogP contribution is -1.91. The first-order valence-corrected chi connectivity index (χ1v) is 5.85. The van der Waals surface area contributed by atoms with E-state index in [1.807, 2.05) is 6.20 Å². The van der Waals surface area contributed by atoms with E-state index in [-0.39, 0.29) is 0 Å². The first-order valence-electron chi connectivity index (χ1n) is 5.32. The zero-order chi connectivity index (χ0) is 10.4. The maximum absolute atomic E-state index is 5.78. The molecule has 2 heterocycles. The van der Waals surface area contributed by atoms with E-state index in [1.54, 1.807) is 0 Å². The number of halogens is 1. The molecule has 1 fully saturated rings. The maximum Gasteiger partial charge on any atom is 0.137 e. The Balaban J connectivity index is 2.18. The molecule has 0 saturated heterocycles. The highest BCUT2D eigenvalue weighted by Crippen LogP contribution is 2.41. The molecule has 2 aromatic heterocycles. The molecule has 3 rings (SSSR count). The largest absolute Gasteiger partial charge is 0.306 e. The first kappa shape index (κ1) is 9.22. The molecule has 0 atom stereocenters. The molecule has 0 unspecified atom stereocenters. The van der Waals surface area contributed by atoms with Crippen LogP contribution >= 0.6 is 11.6 Å². The number of alkyl halides is 1. The zero-order valence-electron chi connectivity index (χ0n) is 8.70. The second-order valence-corrected chi connectivity index (χ2v) is 4.58. The van der Waals surface area contributed by atoms with Crippen LogP contribution < -0.4 is 0 Å². The molecule has 0 amide bonds. The molecule has 0 aliphatic heterocycles. The lowest BCUT2D eigenvalue weighted by Gasteiger charge is -2.04. The highest BCUT2D eigenvalue weighted by Gasteiger charge is 2.25. The Labute approximate surface area is 93.9 Å². The number of aryl methyl sites for hydroxylation is 1. The van der Waals surface area contributed by atoms with E-state index in [2.05, 4.69) is 28.6 Å². The molecule has 0 aromatic carbocycles. The monoisotopic (exact) mass is 220 g/mol. The number of aromatic nitrogens is 2. The van der Waals surface area contributed by atoms with Crippen LogP contribution in [-0.4, -0.2) is 9.38 Å². The molecule has 0 bridgehead atoms. The quantitative estimate of drug-likeness (QED) is 0.711. The summed E-state index contributed by atoms with van der Waals surface area (Å²) >= 11 is 5.78.